The van der Waals surface area contributed by atoms with Crippen molar-refractivity contribution in [1.29, 1.82) is 0 Å². The number of ketones is 1. The molecule has 0 fully saturated rings. The van der Waals surface area contributed by atoms with Crippen molar-refractivity contribution in [3.8, 4) is 0 Å². The van der Waals surface area contributed by atoms with E-state index in [1.807, 2.05) is 0 Å². The van der Waals surface area contributed by atoms with Gasteiger partial charge in [-0.3, -0.25) is 14.2 Å². The first-order valence-corrected chi connectivity index (χ1v) is 9.13. The Morgan fingerprint density at radius 1 is 1.26 bits per heavy atom. The molecule has 0 aliphatic heterocycles. The molecule has 128 valence electrons. The van der Waals surface area contributed by atoms with Crippen LogP contribution in [0, 0.1) is 5.92 Å². The summed E-state index contributed by atoms with van der Waals surface area (Å²) < 4.78 is 16.0. The van der Waals surface area contributed by atoms with Crippen molar-refractivity contribution in [2.24, 2.45) is 5.92 Å². The normalized spacial score (nSPS) is 12.7. The van der Waals surface area contributed by atoms with Crippen LogP contribution in [0.1, 0.15) is 23.7 Å². The Bertz CT molecular complexity index is 556. The monoisotopic (exact) mass is 343 g/mol. The average Bonchev–Trinajstić information content (AvgIpc) is 2.49. The summed E-state index contributed by atoms with van der Waals surface area (Å²) in [6.07, 6.45) is -0.400. The fraction of sp³-hybridized carbons (Fsp3) is 0.467. The second-order valence-electron chi connectivity index (χ2n) is 5.03. The molecule has 1 rings (SSSR count). The van der Waals surface area contributed by atoms with Gasteiger partial charge in [0, 0.05) is 24.6 Å². The quantitative estimate of drug-likeness (QED) is 0.253. The Labute approximate surface area is 135 Å². The summed E-state index contributed by atoms with van der Waals surface area (Å²) in [7, 11) is -4.33. The van der Waals surface area contributed by atoms with E-state index in [1.54, 1.807) is 37.3 Å². The first-order valence-electron chi connectivity index (χ1n) is 7.33. The summed E-state index contributed by atoms with van der Waals surface area (Å²) in [6, 6.07) is 8.35. The van der Waals surface area contributed by atoms with Crippen LogP contribution >= 0.6 is 7.60 Å². The van der Waals surface area contributed by atoms with Gasteiger partial charge in [0.25, 0.3) is 0 Å². The van der Waals surface area contributed by atoms with Crippen molar-refractivity contribution in [3.05, 3.63) is 35.9 Å². The Balaban J connectivity index is 2.61. The van der Waals surface area contributed by atoms with Crippen LogP contribution in [0.2, 0.25) is 0 Å². The molecule has 7 nitrogen and oxygen atoms in total. The molecular formula is C15H22NO6P. The van der Waals surface area contributed by atoms with E-state index in [-0.39, 0.29) is 31.3 Å². The number of benzene rings is 1. The van der Waals surface area contributed by atoms with E-state index in [9.17, 15) is 14.2 Å². The van der Waals surface area contributed by atoms with Gasteiger partial charge in [0.05, 0.1) is 19.2 Å². The fourth-order valence-corrected chi connectivity index (χ4v) is 2.93. The number of nitrogens with one attached hydrogen (secondary N) is 1. The summed E-state index contributed by atoms with van der Waals surface area (Å²) in [6.45, 7) is 2.36. The SMILES string of the molecule is CCOC(=O)CCNCC(CP(=O)(O)O)C(=O)c1ccccc1. The third-order valence-electron chi connectivity index (χ3n) is 3.09. The molecule has 0 bridgehead atoms. The smallest absolute Gasteiger partial charge is 0.326 e. The van der Waals surface area contributed by atoms with Gasteiger partial charge in [-0.15, -0.1) is 0 Å². The van der Waals surface area contributed by atoms with Crippen LogP contribution in [0.15, 0.2) is 30.3 Å². The van der Waals surface area contributed by atoms with Gasteiger partial charge in [-0.25, -0.2) is 0 Å². The maximum absolute atomic E-state index is 12.4. The summed E-state index contributed by atoms with van der Waals surface area (Å²) >= 11 is 0. The van der Waals surface area contributed by atoms with E-state index in [2.05, 4.69) is 5.32 Å². The number of Topliss-reactive ketones (excluding diaryl/α,β-unsaturated/α-hetero) is 1. The molecule has 1 unspecified atom stereocenters. The second-order valence-corrected chi connectivity index (χ2v) is 6.73. The summed E-state index contributed by atoms with van der Waals surface area (Å²) in [5.74, 6) is -1.56. The van der Waals surface area contributed by atoms with E-state index in [0.717, 1.165) is 0 Å². The van der Waals surface area contributed by atoms with Crippen molar-refractivity contribution in [2.75, 3.05) is 25.9 Å². The lowest BCUT2D eigenvalue weighted by molar-refractivity contribution is -0.142. The van der Waals surface area contributed by atoms with Gasteiger partial charge in [0.15, 0.2) is 5.78 Å². The molecular weight excluding hydrogens is 321 g/mol. The van der Waals surface area contributed by atoms with E-state index in [0.29, 0.717) is 12.2 Å². The zero-order valence-electron chi connectivity index (χ0n) is 13.0. The van der Waals surface area contributed by atoms with Gasteiger partial charge >= 0.3 is 13.6 Å². The summed E-state index contributed by atoms with van der Waals surface area (Å²) in [5.41, 5.74) is 0.401. The third-order valence-corrected chi connectivity index (χ3v) is 4.01. The Kier molecular flexibility index (Phi) is 8.12. The number of hydrogen-bond donors (Lipinski definition) is 3. The standard InChI is InChI=1S/C15H22NO6P/c1-2-22-14(17)8-9-16-10-13(11-23(19,20)21)15(18)12-6-4-3-5-7-12/h3-7,13,16H,2,8-11H2,1H3,(H2,19,20,21). The van der Waals surface area contributed by atoms with Gasteiger partial charge in [-0.1, -0.05) is 30.3 Å². The largest absolute Gasteiger partial charge is 0.466 e. The van der Waals surface area contributed by atoms with Crippen LogP contribution in [0.4, 0.5) is 0 Å². The number of carbonyl (C=O) groups is 2. The molecule has 23 heavy (non-hydrogen) atoms. The first kappa shape index (κ1) is 19.5. The Morgan fingerprint density at radius 3 is 2.48 bits per heavy atom. The Hall–Kier alpha value is -1.53. The molecule has 1 atom stereocenters. The van der Waals surface area contributed by atoms with Crippen LogP contribution < -0.4 is 5.32 Å². The maximum atomic E-state index is 12.4. The second kappa shape index (κ2) is 9.57. The van der Waals surface area contributed by atoms with Gasteiger partial charge in [0.2, 0.25) is 0 Å². The predicted octanol–water partition coefficient (Wildman–Crippen LogP) is 1.21. The van der Waals surface area contributed by atoms with Crippen molar-refractivity contribution in [1.82, 2.24) is 5.32 Å². The molecule has 0 amide bonds. The molecule has 0 saturated carbocycles. The molecule has 0 aromatic heterocycles. The number of ether oxygens (including phenoxy) is 1. The highest BCUT2D eigenvalue weighted by Crippen LogP contribution is 2.37. The number of carbonyl (C=O) groups excluding carboxylic acids is 2. The highest BCUT2D eigenvalue weighted by molar-refractivity contribution is 7.51. The first-order chi connectivity index (χ1) is 10.8. The topological polar surface area (TPSA) is 113 Å². The predicted molar refractivity (Wildman–Crippen MR) is 85.3 cm³/mol. The molecule has 0 heterocycles. The van der Waals surface area contributed by atoms with Crippen LogP contribution in [-0.2, 0) is 14.1 Å². The van der Waals surface area contributed by atoms with Crippen molar-refractivity contribution in [2.45, 2.75) is 13.3 Å². The van der Waals surface area contributed by atoms with E-state index in [4.69, 9.17) is 14.5 Å². The zero-order valence-corrected chi connectivity index (χ0v) is 13.9. The number of hydrogen-bond acceptors (Lipinski definition) is 5. The number of esters is 1. The van der Waals surface area contributed by atoms with Crippen LogP contribution in [-0.4, -0.2) is 47.4 Å². The van der Waals surface area contributed by atoms with Crippen LogP contribution in [0.3, 0.4) is 0 Å². The lowest BCUT2D eigenvalue weighted by Crippen LogP contribution is -2.32. The Morgan fingerprint density at radius 2 is 1.91 bits per heavy atom. The van der Waals surface area contributed by atoms with Gasteiger partial charge in [-0.2, -0.15) is 0 Å². The molecule has 0 saturated heterocycles. The van der Waals surface area contributed by atoms with Gasteiger partial charge in [0.1, 0.15) is 0 Å². The molecule has 0 spiro atoms. The maximum Gasteiger partial charge on any atom is 0.326 e. The van der Waals surface area contributed by atoms with Gasteiger partial charge in [-0.05, 0) is 6.92 Å². The molecule has 3 N–H and O–H groups in total. The van der Waals surface area contributed by atoms with Crippen molar-refractivity contribution < 1.29 is 28.7 Å². The molecule has 0 radical (unpaired) electrons. The van der Waals surface area contributed by atoms with Crippen molar-refractivity contribution in [3.63, 3.8) is 0 Å². The summed E-state index contributed by atoms with van der Waals surface area (Å²) in [5, 5.41) is 2.88. The molecule has 1 aromatic carbocycles. The third kappa shape index (κ3) is 8.04. The highest BCUT2D eigenvalue weighted by atomic mass is 31.2. The minimum atomic E-state index is -4.33. The molecule has 0 aliphatic carbocycles. The van der Waals surface area contributed by atoms with Crippen molar-refractivity contribution >= 4 is 19.3 Å². The minimum Gasteiger partial charge on any atom is -0.466 e. The average molecular weight is 343 g/mol. The molecule has 0 aliphatic rings. The van der Waals surface area contributed by atoms with E-state index in [1.165, 1.54) is 0 Å². The fourth-order valence-electron chi connectivity index (χ4n) is 2.07. The van der Waals surface area contributed by atoms with Gasteiger partial charge < -0.3 is 19.8 Å². The van der Waals surface area contributed by atoms with E-state index < -0.39 is 19.7 Å². The zero-order chi connectivity index (χ0) is 17.3. The van der Waals surface area contributed by atoms with E-state index >= 15 is 0 Å². The van der Waals surface area contributed by atoms with Crippen LogP contribution in [0.25, 0.3) is 0 Å². The molecule has 8 heteroatoms. The van der Waals surface area contributed by atoms with Crippen LogP contribution in [0.5, 0.6) is 0 Å². The lowest BCUT2D eigenvalue weighted by atomic mass is 9.99. The lowest BCUT2D eigenvalue weighted by Gasteiger charge is -2.17. The highest BCUT2D eigenvalue weighted by Gasteiger charge is 2.27. The molecule has 1 aromatic rings. The summed E-state index contributed by atoms with van der Waals surface area (Å²) in [4.78, 5) is 41.9. The minimum absolute atomic E-state index is 0.0816. The number of rotatable bonds is 10.